The van der Waals surface area contributed by atoms with Crippen molar-refractivity contribution in [2.45, 2.75) is 5.92 Å². The maximum Gasteiger partial charge on any atom is 0.264 e. The number of halogens is 3. The predicted molar refractivity (Wildman–Crippen MR) is 116 cm³/mol. The molecule has 152 valence electrons. The number of H-pyrrole nitrogens is 1. The van der Waals surface area contributed by atoms with Gasteiger partial charge in [-0.25, -0.2) is 0 Å². The normalized spacial score (nSPS) is 16.0. The lowest BCUT2D eigenvalue weighted by Gasteiger charge is -2.16. The zero-order chi connectivity index (χ0) is 21.4. The van der Waals surface area contributed by atoms with Crippen molar-refractivity contribution in [1.82, 2.24) is 15.5 Å². The van der Waals surface area contributed by atoms with Crippen LogP contribution in [0.25, 0.3) is 0 Å². The molecule has 1 aliphatic rings. The second-order valence-electron chi connectivity index (χ2n) is 6.38. The second kappa shape index (κ2) is 7.98. The summed E-state index contributed by atoms with van der Waals surface area (Å²) in [5, 5.41) is 15.2. The van der Waals surface area contributed by atoms with Crippen molar-refractivity contribution in [2.75, 3.05) is 10.7 Å². The van der Waals surface area contributed by atoms with E-state index >= 15 is 0 Å². The highest BCUT2D eigenvalue weighted by atomic mass is 35.5. The van der Waals surface area contributed by atoms with Gasteiger partial charge < -0.3 is 11.1 Å². The number of nitrogen functional groups attached to an aromatic ring is 1. The van der Waals surface area contributed by atoms with Gasteiger partial charge in [0.25, 0.3) is 11.8 Å². The van der Waals surface area contributed by atoms with E-state index in [4.69, 9.17) is 40.5 Å². The predicted octanol–water partition coefficient (Wildman–Crippen LogP) is 3.83. The number of nitrogens with one attached hydrogen (secondary N) is 2. The van der Waals surface area contributed by atoms with Gasteiger partial charge in [-0.3, -0.25) is 14.7 Å². The maximum atomic E-state index is 13.2. The van der Waals surface area contributed by atoms with Gasteiger partial charge in [0.15, 0.2) is 0 Å². The first-order valence-electron chi connectivity index (χ1n) is 8.58. The summed E-state index contributed by atoms with van der Waals surface area (Å²) >= 11 is 18.5. The zero-order valence-corrected chi connectivity index (χ0v) is 17.3. The third-order valence-electron chi connectivity index (χ3n) is 4.35. The zero-order valence-electron chi connectivity index (χ0n) is 15.1. The Morgan fingerprint density at radius 3 is 2.50 bits per heavy atom. The van der Waals surface area contributed by atoms with E-state index in [0.29, 0.717) is 22.0 Å². The summed E-state index contributed by atoms with van der Waals surface area (Å²) in [7, 11) is 0. The number of amides is 2. The monoisotopic (exact) mass is 462 g/mol. The highest BCUT2D eigenvalue weighted by Gasteiger charge is 2.41. The van der Waals surface area contributed by atoms with Gasteiger partial charge in [0.1, 0.15) is 17.4 Å². The molecule has 0 saturated heterocycles. The smallest absolute Gasteiger partial charge is 0.264 e. The lowest BCUT2D eigenvalue weighted by atomic mass is 10.0. The fraction of sp³-hybridized carbons (Fsp3) is 0.0526. The van der Waals surface area contributed by atoms with Crippen molar-refractivity contribution in [2.24, 2.45) is 5.10 Å². The van der Waals surface area contributed by atoms with Crippen LogP contribution < -0.4 is 16.1 Å². The number of benzene rings is 2. The number of hydrazone groups is 1. The number of rotatable bonds is 3. The van der Waals surface area contributed by atoms with Gasteiger partial charge in [-0.05, 0) is 36.4 Å². The van der Waals surface area contributed by atoms with Crippen LogP contribution in [-0.2, 0) is 4.79 Å². The molecule has 2 amide bonds. The molecule has 1 unspecified atom stereocenters. The van der Waals surface area contributed by atoms with Crippen molar-refractivity contribution in [1.29, 1.82) is 0 Å². The molecule has 1 atom stereocenters. The molecule has 2 heterocycles. The number of nitrogens with zero attached hydrogens (tertiary/aromatic N) is 3. The molecule has 30 heavy (non-hydrogen) atoms. The number of hydrogen-bond donors (Lipinski definition) is 3. The summed E-state index contributed by atoms with van der Waals surface area (Å²) in [5.41, 5.74) is 7.09. The molecule has 0 saturated carbocycles. The van der Waals surface area contributed by atoms with Gasteiger partial charge in [0.2, 0.25) is 0 Å². The number of amidine groups is 1. The molecule has 0 aliphatic carbocycles. The van der Waals surface area contributed by atoms with Crippen LogP contribution in [-0.4, -0.2) is 27.8 Å². The number of anilines is 2. The lowest BCUT2D eigenvalue weighted by molar-refractivity contribution is -0.118. The van der Waals surface area contributed by atoms with Gasteiger partial charge in [-0.15, -0.1) is 0 Å². The van der Waals surface area contributed by atoms with E-state index in [9.17, 15) is 9.59 Å². The Balaban J connectivity index is 1.75. The van der Waals surface area contributed by atoms with Crippen molar-refractivity contribution >= 4 is 63.8 Å². The number of carbonyl (C=O) groups is 2. The molecule has 4 N–H and O–H groups in total. The number of carbonyl (C=O) groups excluding carboxylic acids is 2. The summed E-state index contributed by atoms with van der Waals surface area (Å²) in [6, 6.07) is 10.9. The Morgan fingerprint density at radius 2 is 1.87 bits per heavy atom. The molecule has 1 aromatic heterocycles. The topological polar surface area (TPSA) is 116 Å². The third-order valence-corrected chi connectivity index (χ3v) is 5.15. The summed E-state index contributed by atoms with van der Waals surface area (Å²) in [4.78, 5) is 25.9. The fourth-order valence-electron chi connectivity index (χ4n) is 3.02. The molecule has 3 aromatic rings. The second-order valence-corrected chi connectivity index (χ2v) is 7.63. The number of hydrogen-bond acceptors (Lipinski definition) is 5. The summed E-state index contributed by atoms with van der Waals surface area (Å²) < 4.78 is 0. The minimum absolute atomic E-state index is 0.0822. The SMILES string of the molecule is Nc1cccc(C(=O)NC2=NN(c3c(Cl)cc(Cl)cc3Cl)C(=O)C2c2ccn[nH]2)c1. The Hall–Kier alpha value is -3.07. The van der Waals surface area contributed by atoms with Gasteiger partial charge in [0.05, 0.1) is 15.7 Å². The van der Waals surface area contributed by atoms with E-state index in [1.807, 2.05) is 0 Å². The van der Waals surface area contributed by atoms with Crippen LogP contribution >= 0.6 is 34.8 Å². The molecule has 0 fully saturated rings. The Bertz CT molecular complexity index is 1160. The molecule has 0 spiro atoms. The third kappa shape index (κ3) is 3.72. The largest absolute Gasteiger partial charge is 0.399 e. The van der Waals surface area contributed by atoms with Crippen LogP contribution in [0.4, 0.5) is 11.4 Å². The van der Waals surface area contributed by atoms with Crippen LogP contribution in [0.2, 0.25) is 15.1 Å². The molecule has 2 aromatic carbocycles. The van der Waals surface area contributed by atoms with E-state index in [0.717, 1.165) is 5.01 Å². The summed E-state index contributed by atoms with van der Waals surface area (Å²) in [6.45, 7) is 0. The van der Waals surface area contributed by atoms with Gasteiger partial charge in [-0.1, -0.05) is 40.9 Å². The van der Waals surface area contributed by atoms with Crippen molar-refractivity contribution in [3.05, 3.63) is 75.0 Å². The number of nitrogens with two attached hydrogens (primary N) is 1. The molecule has 0 radical (unpaired) electrons. The molecular formula is C19H13Cl3N6O2. The van der Waals surface area contributed by atoms with Crippen LogP contribution in [0.1, 0.15) is 22.0 Å². The minimum atomic E-state index is -0.944. The van der Waals surface area contributed by atoms with Crippen molar-refractivity contribution < 1.29 is 9.59 Å². The van der Waals surface area contributed by atoms with E-state index < -0.39 is 17.7 Å². The summed E-state index contributed by atoms with van der Waals surface area (Å²) in [6.07, 6.45) is 1.49. The summed E-state index contributed by atoms with van der Waals surface area (Å²) in [5.74, 6) is -1.82. The van der Waals surface area contributed by atoms with Gasteiger partial charge in [0, 0.05) is 22.5 Å². The first kappa shape index (κ1) is 20.2. The highest BCUT2D eigenvalue weighted by molar-refractivity contribution is 6.43. The Labute approximate surface area is 185 Å². The van der Waals surface area contributed by atoms with Gasteiger partial charge in [-0.2, -0.15) is 15.2 Å². The van der Waals surface area contributed by atoms with E-state index in [-0.39, 0.29) is 21.6 Å². The average molecular weight is 464 g/mol. The number of aromatic amines is 1. The van der Waals surface area contributed by atoms with E-state index in [1.54, 1.807) is 24.3 Å². The Morgan fingerprint density at radius 1 is 1.13 bits per heavy atom. The molecular weight excluding hydrogens is 451 g/mol. The fourth-order valence-corrected chi connectivity index (χ4v) is 4.00. The first-order valence-corrected chi connectivity index (χ1v) is 9.71. The molecule has 11 heteroatoms. The van der Waals surface area contributed by atoms with Crippen LogP contribution in [0.5, 0.6) is 0 Å². The van der Waals surface area contributed by atoms with Crippen LogP contribution in [0.15, 0.2) is 53.8 Å². The molecule has 8 nitrogen and oxygen atoms in total. The van der Waals surface area contributed by atoms with Crippen molar-refractivity contribution in [3.63, 3.8) is 0 Å². The van der Waals surface area contributed by atoms with E-state index in [2.05, 4.69) is 20.6 Å². The number of aromatic nitrogens is 2. The first-order chi connectivity index (χ1) is 14.3. The van der Waals surface area contributed by atoms with Crippen molar-refractivity contribution in [3.8, 4) is 0 Å². The lowest BCUT2D eigenvalue weighted by Crippen LogP contribution is -2.35. The molecule has 4 rings (SSSR count). The average Bonchev–Trinajstić information content (AvgIpc) is 3.29. The maximum absolute atomic E-state index is 13.2. The standard InChI is InChI=1S/C19H13Cl3N6O2/c20-10-7-12(21)16(13(22)8-10)28-19(30)15(14-4-5-24-26-14)17(27-28)25-18(29)9-2-1-3-11(23)6-9/h1-8,15H,23H2,(H,24,26)(H,25,27,29). The quantitative estimate of drug-likeness (QED) is 0.512. The van der Waals surface area contributed by atoms with Crippen LogP contribution in [0.3, 0.4) is 0 Å². The highest BCUT2D eigenvalue weighted by Crippen LogP contribution is 2.40. The van der Waals surface area contributed by atoms with Gasteiger partial charge >= 0.3 is 0 Å². The molecule has 1 aliphatic heterocycles. The van der Waals surface area contributed by atoms with E-state index in [1.165, 1.54) is 24.4 Å². The Kier molecular flexibility index (Phi) is 5.38. The minimum Gasteiger partial charge on any atom is -0.399 e. The van der Waals surface area contributed by atoms with Crippen LogP contribution in [0, 0.1) is 0 Å². The molecule has 0 bridgehead atoms.